The van der Waals surface area contributed by atoms with Crippen LogP contribution in [0.4, 0.5) is 18.9 Å². The number of aromatic nitrogens is 1. The minimum absolute atomic E-state index is 0.0906. The summed E-state index contributed by atoms with van der Waals surface area (Å²) in [5, 5.41) is 9.45. The lowest BCUT2D eigenvalue weighted by Crippen LogP contribution is -2.42. The highest BCUT2D eigenvalue weighted by atomic mass is 32.1. The molecule has 0 fully saturated rings. The van der Waals surface area contributed by atoms with E-state index in [0.29, 0.717) is 22.6 Å². The van der Waals surface area contributed by atoms with Crippen LogP contribution in [0.3, 0.4) is 0 Å². The van der Waals surface area contributed by atoms with Crippen LogP contribution in [0.2, 0.25) is 0 Å². The summed E-state index contributed by atoms with van der Waals surface area (Å²) in [6, 6.07) is 6.03. The first kappa shape index (κ1) is 22.3. The Balaban J connectivity index is 0.00000145. The standard InChI is InChI=1S/C16H14F3N5O2S.CH4O/c1-24-12(25)6-10(23-15(24)20)8-3-2-4-9(5-8)21-13(26)11-7-27-14(22-11)16(17,18)19;1-2/h2-5,7,10H,6H2,1H3,(H2,20,23)(H,21,26);2H,1H3. The van der Waals surface area contributed by atoms with E-state index in [1.807, 2.05) is 0 Å². The number of nitrogens with two attached hydrogens (primary N) is 1. The fourth-order valence-corrected chi connectivity index (χ4v) is 3.11. The van der Waals surface area contributed by atoms with Crippen molar-refractivity contribution in [2.24, 2.45) is 10.7 Å². The van der Waals surface area contributed by atoms with Crippen LogP contribution < -0.4 is 11.1 Å². The summed E-state index contributed by atoms with van der Waals surface area (Å²) in [5.41, 5.74) is 6.38. The molecule has 1 aliphatic heterocycles. The van der Waals surface area contributed by atoms with Gasteiger partial charge in [-0.3, -0.25) is 14.5 Å². The third-order valence-corrected chi connectivity index (χ3v) is 4.77. The number of anilines is 1. The molecule has 1 atom stereocenters. The number of aliphatic hydroxyl groups excluding tert-OH is 1. The number of nitrogens with zero attached hydrogens (tertiary/aromatic N) is 3. The fourth-order valence-electron chi connectivity index (χ4n) is 2.44. The van der Waals surface area contributed by atoms with E-state index in [4.69, 9.17) is 10.8 Å². The molecule has 1 aliphatic rings. The van der Waals surface area contributed by atoms with Crippen LogP contribution in [0.5, 0.6) is 0 Å². The highest BCUT2D eigenvalue weighted by molar-refractivity contribution is 7.10. The van der Waals surface area contributed by atoms with Crippen molar-refractivity contribution in [2.75, 3.05) is 19.5 Å². The maximum absolute atomic E-state index is 12.6. The topological polar surface area (TPSA) is 121 Å². The molecule has 29 heavy (non-hydrogen) atoms. The molecule has 0 radical (unpaired) electrons. The Hall–Kier alpha value is -2.99. The summed E-state index contributed by atoms with van der Waals surface area (Å²) in [4.78, 5) is 32.9. The monoisotopic (exact) mass is 429 g/mol. The normalized spacial score (nSPS) is 16.6. The van der Waals surface area contributed by atoms with Crippen molar-refractivity contribution >= 4 is 34.8 Å². The minimum Gasteiger partial charge on any atom is -0.400 e. The van der Waals surface area contributed by atoms with Gasteiger partial charge in [-0.05, 0) is 17.7 Å². The van der Waals surface area contributed by atoms with Crippen molar-refractivity contribution in [2.45, 2.75) is 18.6 Å². The molecule has 4 N–H and O–H groups in total. The van der Waals surface area contributed by atoms with E-state index in [0.717, 1.165) is 12.5 Å². The van der Waals surface area contributed by atoms with Crippen LogP contribution in [-0.2, 0) is 11.0 Å². The predicted molar refractivity (Wildman–Crippen MR) is 101 cm³/mol. The average molecular weight is 429 g/mol. The molecule has 0 aliphatic carbocycles. The fraction of sp³-hybridized carbons (Fsp3) is 0.294. The molecule has 2 aromatic rings. The largest absolute Gasteiger partial charge is 0.443 e. The van der Waals surface area contributed by atoms with Gasteiger partial charge >= 0.3 is 6.18 Å². The molecule has 156 valence electrons. The highest BCUT2D eigenvalue weighted by Gasteiger charge is 2.35. The van der Waals surface area contributed by atoms with Gasteiger partial charge in [0.2, 0.25) is 5.91 Å². The number of nitrogens with one attached hydrogen (secondary N) is 1. The lowest BCUT2D eigenvalue weighted by molar-refractivity contribution is -0.137. The highest BCUT2D eigenvalue weighted by Crippen LogP contribution is 2.32. The van der Waals surface area contributed by atoms with Crippen molar-refractivity contribution in [3.63, 3.8) is 0 Å². The molecule has 0 spiro atoms. The maximum atomic E-state index is 12.6. The van der Waals surface area contributed by atoms with Crippen LogP contribution >= 0.6 is 11.3 Å². The molecule has 0 saturated heterocycles. The Morgan fingerprint density at radius 3 is 2.66 bits per heavy atom. The Labute approximate surface area is 167 Å². The van der Waals surface area contributed by atoms with Gasteiger partial charge in [0, 0.05) is 25.2 Å². The van der Waals surface area contributed by atoms with E-state index in [1.54, 1.807) is 24.3 Å². The van der Waals surface area contributed by atoms with Gasteiger partial charge in [0.05, 0.1) is 12.5 Å². The molecule has 12 heteroatoms. The number of carbonyl (C=O) groups excluding carboxylic acids is 2. The van der Waals surface area contributed by atoms with Gasteiger partial charge in [-0.15, -0.1) is 11.3 Å². The van der Waals surface area contributed by atoms with Crippen LogP contribution in [-0.4, -0.2) is 46.9 Å². The summed E-state index contributed by atoms with van der Waals surface area (Å²) in [6.07, 6.45) is -4.47. The average Bonchev–Trinajstić information content (AvgIpc) is 3.18. The Morgan fingerprint density at radius 1 is 1.38 bits per heavy atom. The van der Waals surface area contributed by atoms with E-state index in [9.17, 15) is 22.8 Å². The van der Waals surface area contributed by atoms with Gasteiger partial charge in [-0.2, -0.15) is 13.2 Å². The predicted octanol–water partition coefficient (Wildman–Crippen LogP) is 2.24. The van der Waals surface area contributed by atoms with Crippen molar-refractivity contribution in [1.82, 2.24) is 9.88 Å². The van der Waals surface area contributed by atoms with Gasteiger partial charge in [-0.25, -0.2) is 9.98 Å². The molecular weight excluding hydrogens is 411 g/mol. The smallest absolute Gasteiger partial charge is 0.400 e. The van der Waals surface area contributed by atoms with Crippen molar-refractivity contribution in [3.05, 3.63) is 45.9 Å². The first-order chi connectivity index (χ1) is 13.6. The SMILES string of the molecule is CN1C(=O)CC(c2cccc(NC(=O)c3csc(C(F)(F)F)n3)c2)N=C1N.CO. The minimum atomic E-state index is -4.60. The number of carbonyl (C=O) groups is 2. The summed E-state index contributed by atoms with van der Waals surface area (Å²) < 4.78 is 37.8. The third-order valence-electron chi connectivity index (χ3n) is 3.88. The molecule has 2 amide bonds. The van der Waals surface area contributed by atoms with Crippen molar-refractivity contribution < 1.29 is 27.9 Å². The van der Waals surface area contributed by atoms with Gasteiger partial charge < -0.3 is 16.2 Å². The number of hydrogen-bond acceptors (Lipinski definition) is 7. The number of halogens is 3. The van der Waals surface area contributed by atoms with E-state index >= 15 is 0 Å². The quantitative estimate of drug-likeness (QED) is 0.691. The van der Waals surface area contributed by atoms with E-state index in [1.165, 1.54) is 11.9 Å². The molecule has 0 saturated carbocycles. The summed E-state index contributed by atoms with van der Waals surface area (Å²) in [5.74, 6) is -0.863. The molecular formula is C17H18F3N5O3S. The number of aliphatic hydroxyl groups is 1. The molecule has 2 heterocycles. The molecule has 8 nitrogen and oxygen atoms in total. The van der Waals surface area contributed by atoms with E-state index in [2.05, 4.69) is 15.3 Å². The number of thiazole rings is 1. The third kappa shape index (κ3) is 5.29. The number of rotatable bonds is 3. The van der Waals surface area contributed by atoms with Gasteiger partial charge in [0.15, 0.2) is 11.0 Å². The number of amides is 2. The maximum Gasteiger partial charge on any atom is 0.443 e. The second-order valence-corrected chi connectivity index (χ2v) is 6.63. The van der Waals surface area contributed by atoms with E-state index in [-0.39, 0.29) is 24.0 Å². The molecule has 1 unspecified atom stereocenters. The van der Waals surface area contributed by atoms with Crippen molar-refractivity contribution in [1.29, 1.82) is 0 Å². The Kier molecular flexibility index (Phi) is 6.93. The van der Waals surface area contributed by atoms with E-state index < -0.39 is 23.1 Å². The van der Waals surface area contributed by atoms with Gasteiger partial charge in [-0.1, -0.05) is 12.1 Å². The zero-order valence-corrected chi connectivity index (χ0v) is 16.2. The summed E-state index contributed by atoms with van der Waals surface area (Å²) >= 11 is 0.351. The van der Waals surface area contributed by atoms with Gasteiger partial charge in [0.1, 0.15) is 5.69 Å². The molecule has 0 bridgehead atoms. The van der Waals surface area contributed by atoms with Crippen LogP contribution in [0.15, 0.2) is 34.6 Å². The number of hydrogen-bond donors (Lipinski definition) is 3. The lowest BCUT2D eigenvalue weighted by Gasteiger charge is -2.25. The second kappa shape index (κ2) is 9.01. The second-order valence-electron chi connectivity index (χ2n) is 5.78. The summed E-state index contributed by atoms with van der Waals surface area (Å²) in [7, 11) is 2.52. The first-order valence-electron chi connectivity index (χ1n) is 8.13. The number of guanidine groups is 1. The number of benzene rings is 1. The number of alkyl halides is 3. The Bertz CT molecular complexity index is 929. The molecule has 3 rings (SSSR count). The zero-order chi connectivity index (χ0) is 21.8. The van der Waals surface area contributed by atoms with Crippen LogP contribution in [0.25, 0.3) is 0 Å². The van der Waals surface area contributed by atoms with Crippen LogP contribution in [0.1, 0.15) is 33.5 Å². The first-order valence-corrected chi connectivity index (χ1v) is 9.01. The van der Waals surface area contributed by atoms with Crippen LogP contribution in [0, 0.1) is 0 Å². The van der Waals surface area contributed by atoms with Crippen molar-refractivity contribution in [3.8, 4) is 0 Å². The lowest BCUT2D eigenvalue weighted by atomic mass is 10.0. The number of aliphatic imine (C=N–C) groups is 1. The molecule has 1 aromatic heterocycles. The summed E-state index contributed by atoms with van der Waals surface area (Å²) in [6.45, 7) is 0. The zero-order valence-electron chi connectivity index (χ0n) is 15.4. The molecule has 1 aromatic carbocycles. The Morgan fingerprint density at radius 2 is 2.07 bits per heavy atom. The van der Waals surface area contributed by atoms with Gasteiger partial charge in [0.25, 0.3) is 5.91 Å².